The van der Waals surface area contributed by atoms with Crippen LogP contribution in [0.5, 0.6) is 0 Å². The van der Waals surface area contributed by atoms with Crippen LogP contribution in [-0.2, 0) is 17.5 Å². The molecule has 1 N–H and O–H groups in total. The van der Waals surface area contributed by atoms with Gasteiger partial charge in [-0.25, -0.2) is 0 Å². The van der Waals surface area contributed by atoms with Gasteiger partial charge in [0, 0.05) is 26.2 Å². The van der Waals surface area contributed by atoms with Crippen LogP contribution in [0.2, 0.25) is 0 Å². The zero-order valence-corrected chi connectivity index (χ0v) is 14.1. The van der Waals surface area contributed by atoms with Crippen molar-refractivity contribution in [3.8, 4) is 0 Å². The number of benzene rings is 1. The molecule has 7 heteroatoms. The van der Waals surface area contributed by atoms with Gasteiger partial charge in [0.05, 0.1) is 17.6 Å². The second-order valence-corrected chi connectivity index (χ2v) is 7.02. The quantitative estimate of drug-likeness (QED) is 0.902. The minimum absolute atomic E-state index is 0.0411. The van der Waals surface area contributed by atoms with E-state index in [1.54, 1.807) is 11.0 Å². The molecule has 0 unspecified atom stereocenters. The first kappa shape index (κ1) is 18.2. The van der Waals surface area contributed by atoms with Gasteiger partial charge in [0.2, 0.25) is 5.91 Å². The maximum atomic E-state index is 13.2. The average molecular weight is 356 g/mol. The minimum Gasteiger partial charge on any atom is -0.395 e. The number of halogens is 3. The summed E-state index contributed by atoms with van der Waals surface area (Å²) in [6.07, 6.45) is -2.06. The number of carbonyl (C=O) groups excluding carboxylic acids is 1. The standard InChI is InChI=1S/C18H23F3N2O2/c19-18(20,21)15-5-2-1-4-14(15)12-22-9-7-17(13-22)6-3-8-23(10-11-24)16(17)25/h1-2,4-5,24H,3,6-13H2/t17-/m0/s1. The topological polar surface area (TPSA) is 43.8 Å². The average Bonchev–Trinajstić information content (AvgIpc) is 2.95. The van der Waals surface area contributed by atoms with Crippen molar-refractivity contribution in [3.05, 3.63) is 35.4 Å². The lowest BCUT2D eigenvalue weighted by Crippen LogP contribution is -2.50. The zero-order chi connectivity index (χ0) is 18.1. The van der Waals surface area contributed by atoms with E-state index < -0.39 is 17.2 Å². The molecular formula is C18H23F3N2O2. The highest BCUT2D eigenvalue weighted by molar-refractivity contribution is 5.84. The lowest BCUT2D eigenvalue weighted by atomic mass is 9.78. The molecule has 2 aliphatic heterocycles. The van der Waals surface area contributed by atoms with E-state index in [1.165, 1.54) is 12.1 Å². The molecule has 0 saturated carbocycles. The molecule has 138 valence electrons. The van der Waals surface area contributed by atoms with Gasteiger partial charge in [0.25, 0.3) is 0 Å². The lowest BCUT2D eigenvalue weighted by Gasteiger charge is -2.39. The van der Waals surface area contributed by atoms with E-state index in [2.05, 4.69) is 0 Å². The van der Waals surface area contributed by atoms with Crippen molar-refractivity contribution in [2.45, 2.75) is 32.0 Å². The third-order valence-corrected chi connectivity index (χ3v) is 5.34. The summed E-state index contributed by atoms with van der Waals surface area (Å²) >= 11 is 0. The van der Waals surface area contributed by atoms with E-state index in [0.717, 1.165) is 18.9 Å². The molecule has 1 aromatic rings. The highest BCUT2D eigenvalue weighted by atomic mass is 19.4. The van der Waals surface area contributed by atoms with Crippen molar-refractivity contribution in [1.29, 1.82) is 0 Å². The van der Waals surface area contributed by atoms with Crippen LogP contribution in [-0.4, -0.2) is 53.6 Å². The highest BCUT2D eigenvalue weighted by Gasteiger charge is 2.48. The molecule has 3 rings (SSSR count). The molecule has 2 saturated heterocycles. The number of β-amino-alcohol motifs (C(OH)–C–C–N with tert-alkyl or cyclic N) is 1. The summed E-state index contributed by atoms with van der Waals surface area (Å²) in [5.41, 5.74) is -0.851. The Labute approximate surface area is 145 Å². The van der Waals surface area contributed by atoms with Gasteiger partial charge in [0.15, 0.2) is 0 Å². The summed E-state index contributed by atoms with van der Waals surface area (Å²) in [7, 11) is 0. The first-order valence-electron chi connectivity index (χ1n) is 8.63. The summed E-state index contributed by atoms with van der Waals surface area (Å²) in [6, 6.07) is 5.63. The van der Waals surface area contributed by atoms with Crippen molar-refractivity contribution in [1.82, 2.24) is 9.80 Å². The highest BCUT2D eigenvalue weighted by Crippen LogP contribution is 2.41. The number of alkyl halides is 3. The molecule has 1 spiro atoms. The van der Waals surface area contributed by atoms with E-state index >= 15 is 0 Å². The first-order valence-corrected chi connectivity index (χ1v) is 8.63. The Morgan fingerprint density at radius 2 is 1.92 bits per heavy atom. The normalized spacial score (nSPS) is 25.1. The number of carbonyl (C=O) groups is 1. The Kier molecular flexibility index (Phi) is 5.06. The van der Waals surface area contributed by atoms with Crippen molar-refractivity contribution in [3.63, 3.8) is 0 Å². The summed E-state index contributed by atoms with van der Waals surface area (Å²) in [4.78, 5) is 16.4. The van der Waals surface area contributed by atoms with Crippen LogP contribution in [0.1, 0.15) is 30.4 Å². The molecule has 25 heavy (non-hydrogen) atoms. The largest absolute Gasteiger partial charge is 0.416 e. The van der Waals surface area contributed by atoms with E-state index in [9.17, 15) is 18.0 Å². The molecule has 4 nitrogen and oxygen atoms in total. The number of likely N-dealkylation sites (tertiary alicyclic amines) is 2. The Balaban J connectivity index is 1.73. The van der Waals surface area contributed by atoms with Gasteiger partial charge in [-0.15, -0.1) is 0 Å². The first-order chi connectivity index (χ1) is 11.9. The third kappa shape index (κ3) is 3.67. The molecule has 0 aliphatic carbocycles. The van der Waals surface area contributed by atoms with E-state index in [0.29, 0.717) is 32.6 Å². The molecule has 0 bridgehead atoms. The predicted molar refractivity (Wildman–Crippen MR) is 86.7 cm³/mol. The smallest absolute Gasteiger partial charge is 0.395 e. The molecule has 0 radical (unpaired) electrons. The summed E-state index contributed by atoms with van der Waals surface area (Å²) in [5.74, 6) is 0.0411. The van der Waals surface area contributed by atoms with Crippen LogP contribution in [0.3, 0.4) is 0 Å². The predicted octanol–water partition coefficient (Wildman–Crippen LogP) is 2.51. The molecule has 1 atom stereocenters. The summed E-state index contributed by atoms with van der Waals surface area (Å²) < 4.78 is 39.5. The maximum absolute atomic E-state index is 13.2. The number of amides is 1. The van der Waals surface area contributed by atoms with Gasteiger partial charge < -0.3 is 10.0 Å². The van der Waals surface area contributed by atoms with Crippen LogP contribution in [0, 0.1) is 5.41 Å². The van der Waals surface area contributed by atoms with Gasteiger partial charge in [0.1, 0.15) is 0 Å². The number of rotatable bonds is 4. The number of hydrogen-bond donors (Lipinski definition) is 1. The fourth-order valence-electron chi connectivity index (χ4n) is 4.13. The van der Waals surface area contributed by atoms with E-state index in [1.807, 2.05) is 4.90 Å². The van der Waals surface area contributed by atoms with Crippen molar-refractivity contribution in [2.24, 2.45) is 5.41 Å². The number of nitrogens with zero attached hydrogens (tertiary/aromatic N) is 2. The van der Waals surface area contributed by atoms with E-state index in [-0.39, 0.29) is 24.6 Å². The van der Waals surface area contributed by atoms with Crippen molar-refractivity contribution in [2.75, 3.05) is 32.8 Å². The molecule has 1 aromatic carbocycles. The number of aliphatic hydroxyl groups is 1. The summed E-state index contributed by atoms with van der Waals surface area (Å²) in [6.45, 7) is 2.22. The fraction of sp³-hybridized carbons (Fsp3) is 0.611. The van der Waals surface area contributed by atoms with Gasteiger partial charge in [-0.05, 0) is 37.4 Å². The van der Waals surface area contributed by atoms with Gasteiger partial charge in [-0.2, -0.15) is 13.2 Å². The Bertz CT molecular complexity index is 633. The fourth-order valence-corrected chi connectivity index (χ4v) is 4.13. The SMILES string of the molecule is O=C1N(CCO)CCC[C@@]12CCN(Cc1ccccc1C(F)(F)F)C2. The Morgan fingerprint density at radius 3 is 2.64 bits per heavy atom. The third-order valence-electron chi connectivity index (χ3n) is 5.34. The Hall–Kier alpha value is -1.60. The molecule has 2 aliphatic rings. The number of piperidine rings is 1. The molecule has 1 amide bonds. The minimum atomic E-state index is -4.37. The van der Waals surface area contributed by atoms with Crippen molar-refractivity contribution < 1.29 is 23.1 Å². The molecule has 2 heterocycles. The number of hydrogen-bond acceptors (Lipinski definition) is 3. The monoisotopic (exact) mass is 356 g/mol. The Morgan fingerprint density at radius 1 is 1.16 bits per heavy atom. The van der Waals surface area contributed by atoms with Gasteiger partial charge in [-0.1, -0.05) is 18.2 Å². The lowest BCUT2D eigenvalue weighted by molar-refractivity contribution is -0.146. The van der Waals surface area contributed by atoms with Crippen LogP contribution in [0.15, 0.2) is 24.3 Å². The van der Waals surface area contributed by atoms with Crippen molar-refractivity contribution >= 4 is 5.91 Å². The molecule has 0 aromatic heterocycles. The van der Waals surface area contributed by atoms with Crippen LogP contribution < -0.4 is 0 Å². The van der Waals surface area contributed by atoms with Crippen LogP contribution in [0.4, 0.5) is 13.2 Å². The second-order valence-electron chi connectivity index (χ2n) is 7.02. The summed E-state index contributed by atoms with van der Waals surface area (Å²) in [5, 5.41) is 9.11. The van der Waals surface area contributed by atoms with Crippen LogP contribution >= 0.6 is 0 Å². The maximum Gasteiger partial charge on any atom is 0.416 e. The molecule has 2 fully saturated rings. The second kappa shape index (κ2) is 6.96. The van der Waals surface area contributed by atoms with Gasteiger partial charge in [-0.3, -0.25) is 9.69 Å². The molecular weight excluding hydrogens is 333 g/mol. The van der Waals surface area contributed by atoms with Crippen LogP contribution in [0.25, 0.3) is 0 Å². The van der Waals surface area contributed by atoms with E-state index in [4.69, 9.17) is 5.11 Å². The number of aliphatic hydroxyl groups excluding tert-OH is 1. The van der Waals surface area contributed by atoms with Gasteiger partial charge >= 0.3 is 6.18 Å². The zero-order valence-electron chi connectivity index (χ0n) is 14.1.